The van der Waals surface area contributed by atoms with Crippen molar-refractivity contribution in [1.82, 2.24) is 0 Å². The van der Waals surface area contributed by atoms with Crippen molar-refractivity contribution in [1.29, 1.82) is 0 Å². The number of hydrogen-bond donors (Lipinski definition) is 1. The molecule has 0 saturated carbocycles. The van der Waals surface area contributed by atoms with E-state index in [1.807, 2.05) is 6.07 Å². The van der Waals surface area contributed by atoms with Gasteiger partial charge in [-0.25, -0.2) is 4.39 Å². The molecule has 0 bridgehead atoms. The molecule has 104 valence electrons. The number of benzene rings is 2. The Bertz CT molecular complexity index is 614. The van der Waals surface area contributed by atoms with E-state index >= 15 is 0 Å². The maximum Gasteiger partial charge on any atom is 0.240 e. The summed E-state index contributed by atoms with van der Waals surface area (Å²) in [6, 6.07) is 14.3. The van der Waals surface area contributed by atoms with Crippen LogP contribution in [0.1, 0.15) is 6.92 Å². The van der Waals surface area contributed by atoms with E-state index < -0.39 is 21.9 Å². The van der Waals surface area contributed by atoms with Crippen LogP contribution in [0.3, 0.4) is 0 Å². The molecule has 5 heteroatoms. The minimum atomic E-state index is -1.52. The normalized spacial score (nSPS) is 13.5. The lowest BCUT2D eigenvalue weighted by atomic mass is 10.3. The van der Waals surface area contributed by atoms with Crippen LogP contribution < -0.4 is 5.32 Å². The molecule has 0 radical (unpaired) electrons. The second kappa shape index (κ2) is 6.43. The lowest BCUT2D eigenvalue weighted by molar-refractivity contribution is -0.115. The Kier molecular flexibility index (Phi) is 4.63. The summed E-state index contributed by atoms with van der Waals surface area (Å²) in [5.74, 6) is -0.731. The Balaban J connectivity index is 2.06. The predicted octanol–water partition coefficient (Wildman–Crippen LogP) is 2.96. The molecule has 2 aromatic rings. The average Bonchev–Trinajstić information content (AvgIpc) is 2.47. The van der Waals surface area contributed by atoms with Gasteiger partial charge in [0.2, 0.25) is 5.91 Å². The van der Waals surface area contributed by atoms with Crippen LogP contribution in [0.15, 0.2) is 59.5 Å². The SMILES string of the molecule is CC(C(=O)Nc1ccccc1)S(=O)c1ccc(F)cc1. The summed E-state index contributed by atoms with van der Waals surface area (Å²) in [4.78, 5) is 12.4. The number of anilines is 1. The summed E-state index contributed by atoms with van der Waals surface area (Å²) < 4.78 is 25.0. The zero-order valence-electron chi connectivity index (χ0n) is 10.9. The third-order valence-electron chi connectivity index (χ3n) is 2.78. The zero-order chi connectivity index (χ0) is 14.5. The molecule has 1 amide bonds. The average molecular weight is 291 g/mol. The van der Waals surface area contributed by atoms with E-state index in [-0.39, 0.29) is 5.91 Å². The molecule has 0 aromatic heterocycles. The van der Waals surface area contributed by atoms with Gasteiger partial charge >= 0.3 is 0 Å². The Morgan fingerprint density at radius 1 is 1.10 bits per heavy atom. The van der Waals surface area contributed by atoms with Crippen LogP contribution >= 0.6 is 0 Å². The number of hydrogen-bond acceptors (Lipinski definition) is 2. The van der Waals surface area contributed by atoms with Crippen LogP contribution in [-0.4, -0.2) is 15.4 Å². The van der Waals surface area contributed by atoms with Crippen LogP contribution in [0.25, 0.3) is 0 Å². The maximum absolute atomic E-state index is 12.8. The van der Waals surface area contributed by atoms with Gasteiger partial charge in [0.1, 0.15) is 11.1 Å². The van der Waals surface area contributed by atoms with Crippen LogP contribution in [0.2, 0.25) is 0 Å². The quantitative estimate of drug-likeness (QED) is 0.941. The second-order valence-corrected chi connectivity index (χ2v) is 6.02. The Morgan fingerprint density at radius 3 is 2.30 bits per heavy atom. The molecule has 1 N–H and O–H groups in total. The highest BCUT2D eigenvalue weighted by Gasteiger charge is 2.21. The van der Waals surface area contributed by atoms with Crippen molar-refractivity contribution in [2.75, 3.05) is 5.32 Å². The topological polar surface area (TPSA) is 46.2 Å². The minimum Gasteiger partial charge on any atom is -0.325 e. The van der Waals surface area contributed by atoms with Gasteiger partial charge in [-0.3, -0.25) is 9.00 Å². The van der Waals surface area contributed by atoms with E-state index in [0.29, 0.717) is 10.6 Å². The molecule has 0 heterocycles. The first-order valence-corrected chi connectivity index (χ1v) is 7.31. The third kappa shape index (κ3) is 3.51. The molecule has 2 unspecified atom stereocenters. The number of amides is 1. The largest absolute Gasteiger partial charge is 0.325 e. The van der Waals surface area contributed by atoms with E-state index in [4.69, 9.17) is 0 Å². The van der Waals surface area contributed by atoms with Gasteiger partial charge in [0.05, 0.1) is 10.8 Å². The monoisotopic (exact) mass is 291 g/mol. The van der Waals surface area contributed by atoms with Crippen molar-refractivity contribution < 1.29 is 13.4 Å². The summed E-state index contributed by atoms with van der Waals surface area (Å²) in [5.41, 5.74) is 0.653. The van der Waals surface area contributed by atoms with Gasteiger partial charge < -0.3 is 5.32 Å². The lowest BCUT2D eigenvalue weighted by Gasteiger charge is -2.12. The number of carbonyl (C=O) groups is 1. The maximum atomic E-state index is 12.8. The zero-order valence-corrected chi connectivity index (χ0v) is 11.7. The van der Waals surface area contributed by atoms with Crippen molar-refractivity contribution in [3.63, 3.8) is 0 Å². The van der Waals surface area contributed by atoms with Gasteiger partial charge in [-0.15, -0.1) is 0 Å². The van der Waals surface area contributed by atoms with Crippen molar-refractivity contribution in [2.24, 2.45) is 0 Å². The minimum absolute atomic E-state index is 0.334. The Hall–Kier alpha value is -2.01. The van der Waals surface area contributed by atoms with Gasteiger partial charge in [0, 0.05) is 10.6 Å². The van der Waals surface area contributed by atoms with Crippen LogP contribution in [0, 0.1) is 5.82 Å². The van der Waals surface area contributed by atoms with Gasteiger partial charge in [-0.2, -0.15) is 0 Å². The molecule has 2 atom stereocenters. The van der Waals surface area contributed by atoms with E-state index in [1.54, 1.807) is 31.2 Å². The number of rotatable bonds is 4. The van der Waals surface area contributed by atoms with Gasteiger partial charge in [0.15, 0.2) is 0 Å². The fourth-order valence-corrected chi connectivity index (χ4v) is 2.70. The molecule has 2 rings (SSSR count). The molecule has 0 saturated heterocycles. The summed E-state index contributed by atoms with van der Waals surface area (Å²) in [5, 5.41) is 1.98. The molecule has 0 fully saturated rings. The number of nitrogens with one attached hydrogen (secondary N) is 1. The van der Waals surface area contributed by atoms with Crippen molar-refractivity contribution in [2.45, 2.75) is 17.1 Å². The lowest BCUT2D eigenvalue weighted by Crippen LogP contribution is -2.29. The van der Waals surface area contributed by atoms with Crippen LogP contribution in [-0.2, 0) is 15.6 Å². The number of para-hydroxylation sites is 1. The fourth-order valence-electron chi connectivity index (χ4n) is 1.64. The molecule has 0 aliphatic heterocycles. The van der Waals surface area contributed by atoms with Gasteiger partial charge in [-0.1, -0.05) is 18.2 Å². The van der Waals surface area contributed by atoms with E-state index in [2.05, 4.69) is 5.32 Å². The highest BCUT2D eigenvalue weighted by molar-refractivity contribution is 7.86. The summed E-state index contributed by atoms with van der Waals surface area (Å²) in [6.07, 6.45) is 0. The first kappa shape index (κ1) is 14.4. The highest BCUT2D eigenvalue weighted by Crippen LogP contribution is 2.14. The summed E-state index contributed by atoms with van der Waals surface area (Å²) in [6.45, 7) is 1.58. The number of halogens is 1. The van der Waals surface area contributed by atoms with E-state index in [9.17, 15) is 13.4 Å². The van der Waals surface area contributed by atoms with Crippen molar-refractivity contribution in [3.8, 4) is 0 Å². The third-order valence-corrected chi connectivity index (χ3v) is 4.37. The smallest absolute Gasteiger partial charge is 0.240 e. The molecular formula is C15H14FNO2S. The molecule has 0 spiro atoms. The van der Waals surface area contributed by atoms with Crippen molar-refractivity contribution in [3.05, 3.63) is 60.4 Å². The Morgan fingerprint density at radius 2 is 1.70 bits per heavy atom. The van der Waals surface area contributed by atoms with Gasteiger partial charge in [-0.05, 0) is 43.3 Å². The first-order valence-electron chi connectivity index (χ1n) is 6.10. The standard InChI is InChI=1S/C15H14FNO2S/c1-11(15(18)17-13-5-3-2-4-6-13)20(19)14-9-7-12(16)8-10-14/h2-11H,1H3,(H,17,18). The van der Waals surface area contributed by atoms with E-state index in [1.165, 1.54) is 24.3 Å². The van der Waals surface area contributed by atoms with Crippen LogP contribution in [0.5, 0.6) is 0 Å². The Labute approximate surface area is 119 Å². The first-order chi connectivity index (χ1) is 9.58. The van der Waals surface area contributed by atoms with Crippen molar-refractivity contribution >= 4 is 22.4 Å². The summed E-state index contributed by atoms with van der Waals surface area (Å²) in [7, 11) is -1.52. The molecule has 0 aliphatic rings. The molecule has 3 nitrogen and oxygen atoms in total. The number of carbonyl (C=O) groups excluding carboxylic acids is 1. The molecule has 20 heavy (non-hydrogen) atoms. The van der Waals surface area contributed by atoms with E-state index in [0.717, 1.165) is 0 Å². The molecule has 2 aromatic carbocycles. The predicted molar refractivity (Wildman–Crippen MR) is 77.3 cm³/mol. The van der Waals surface area contributed by atoms with Gasteiger partial charge in [0.25, 0.3) is 0 Å². The molecule has 0 aliphatic carbocycles. The highest BCUT2D eigenvalue weighted by atomic mass is 32.2. The summed E-state index contributed by atoms with van der Waals surface area (Å²) >= 11 is 0. The second-order valence-electron chi connectivity index (χ2n) is 4.25. The fraction of sp³-hybridized carbons (Fsp3) is 0.133. The molecular weight excluding hydrogens is 277 g/mol. The van der Waals surface area contributed by atoms with Crippen LogP contribution in [0.4, 0.5) is 10.1 Å².